The number of hydrogen-bond acceptors (Lipinski definition) is 3. The number of fused-ring (bicyclic) bond motifs is 1. The van der Waals surface area contributed by atoms with Crippen molar-refractivity contribution in [3.63, 3.8) is 0 Å². The Kier molecular flexibility index (Phi) is 3.43. The standard InChI is InChI=1S/C17H12N2O2/c20-19(21)17-12-14(9-10-18-17)6-5-13-7-8-15-3-1-2-4-16(15)11-13/h1-12H. The Bertz CT molecular complexity index is 841. The van der Waals surface area contributed by atoms with E-state index < -0.39 is 4.92 Å². The van der Waals surface area contributed by atoms with Crippen LogP contribution in [0.4, 0.5) is 5.82 Å². The smallest absolute Gasteiger partial charge is 0.358 e. The molecule has 0 aliphatic heterocycles. The summed E-state index contributed by atoms with van der Waals surface area (Å²) in [7, 11) is 0. The van der Waals surface area contributed by atoms with Gasteiger partial charge in [-0.15, -0.1) is 0 Å². The predicted molar refractivity (Wildman–Crippen MR) is 83.8 cm³/mol. The third kappa shape index (κ3) is 2.95. The average molecular weight is 276 g/mol. The molecule has 0 fully saturated rings. The molecule has 21 heavy (non-hydrogen) atoms. The normalized spacial score (nSPS) is 11.0. The van der Waals surface area contributed by atoms with E-state index in [2.05, 4.69) is 29.2 Å². The summed E-state index contributed by atoms with van der Waals surface area (Å²) in [5.41, 5.74) is 1.80. The zero-order chi connectivity index (χ0) is 14.7. The SMILES string of the molecule is O=[N+]([O-])c1cc(C=Cc2ccc3ccccc3c2)ccn1. The van der Waals surface area contributed by atoms with Gasteiger partial charge in [-0.3, -0.25) is 0 Å². The van der Waals surface area contributed by atoms with Crippen LogP contribution in [-0.2, 0) is 0 Å². The molecule has 0 aliphatic carbocycles. The molecule has 3 aromatic rings. The van der Waals surface area contributed by atoms with Crippen molar-refractivity contribution in [2.75, 3.05) is 0 Å². The van der Waals surface area contributed by atoms with Gasteiger partial charge in [-0.25, -0.2) is 0 Å². The van der Waals surface area contributed by atoms with Gasteiger partial charge < -0.3 is 10.1 Å². The lowest BCUT2D eigenvalue weighted by molar-refractivity contribution is -0.389. The zero-order valence-electron chi connectivity index (χ0n) is 11.1. The Hall–Kier alpha value is -3.01. The van der Waals surface area contributed by atoms with Gasteiger partial charge in [0.1, 0.15) is 6.20 Å². The first kappa shape index (κ1) is 13.0. The molecule has 102 valence electrons. The Balaban J connectivity index is 1.90. The molecule has 0 spiro atoms. The second-order valence-electron chi connectivity index (χ2n) is 4.64. The molecule has 0 aliphatic rings. The van der Waals surface area contributed by atoms with E-state index in [9.17, 15) is 10.1 Å². The van der Waals surface area contributed by atoms with Gasteiger partial charge in [0, 0.05) is 6.07 Å². The molecular weight excluding hydrogens is 264 g/mol. The monoisotopic (exact) mass is 276 g/mol. The van der Waals surface area contributed by atoms with Crippen molar-refractivity contribution >= 4 is 28.7 Å². The summed E-state index contributed by atoms with van der Waals surface area (Å²) in [6, 6.07) is 17.5. The van der Waals surface area contributed by atoms with Gasteiger partial charge in [-0.05, 0) is 43.9 Å². The topological polar surface area (TPSA) is 56.0 Å². The minimum atomic E-state index is -0.493. The molecule has 0 atom stereocenters. The van der Waals surface area contributed by atoms with Gasteiger partial charge in [-0.1, -0.05) is 48.6 Å². The third-order valence-electron chi connectivity index (χ3n) is 3.20. The van der Waals surface area contributed by atoms with Crippen molar-refractivity contribution in [1.82, 2.24) is 4.98 Å². The molecule has 2 aromatic carbocycles. The van der Waals surface area contributed by atoms with Gasteiger partial charge in [0.05, 0.1) is 0 Å². The van der Waals surface area contributed by atoms with E-state index in [1.54, 1.807) is 6.07 Å². The molecular formula is C17H12N2O2. The Labute approximate surface area is 121 Å². The Morgan fingerprint density at radius 1 is 0.905 bits per heavy atom. The molecule has 4 nitrogen and oxygen atoms in total. The van der Waals surface area contributed by atoms with Crippen molar-refractivity contribution in [3.05, 3.63) is 82.0 Å². The quantitative estimate of drug-likeness (QED) is 0.529. The lowest BCUT2D eigenvalue weighted by Crippen LogP contribution is -1.91. The summed E-state index contributed by atoms with van der Waals surface area (Å²) in [5, 5.41) is 13.0. The fraction of sp³-hybridized carbons (Fsp3) is 0. The molecule has 0 radical (unpaired) electrons. The summed E-state index contributed by atoms with van der Waals surface area (Å²) >= 11 is 0. The summed E-state index contributed by atoms with van der Waals surface area (Å²) in [5.74, 6) is -0.143. The van der Waals surface area contributed by atoms with Gasteiger partial charge in [0.15, 0.2) is 0 Å². The maximum Gasteiger partial charge on any atom is 0.363 e. The molecule has 0 amide bonds. The highest BCUT2D eigenvalue weighted by Gasteiger charge is 2.05. The number of benzene rings is 2. The van der Waals surface area contributed by atoms with Crippen molar-refractivity contribution in [1.29, 1.82) is 0 Å². The molecule has 4 heteroatoms. The van der Waals surface area contributed by atoms with Crippen LogP contribution in [0.3, 0.4) is 0 Å². The Morgan fingerprint density at radius 3 is 2.38 bits per heavy atom. The fourth-order valence-corrected chi connectivity index (χ4v) is 2.14. The van der Waals surface area contributed by atoms with E-state index in [1.165, 1.54) is 23.0 Å². The highest BCUT2D eigenvalue weighted by Crippen LogP contribution is 2.18. The van der Waals surface area contributed by atoms with Crippen LogP contribution in [-0.4, -0.2) is 9.91 Å². The maximum absolute atomic E-state index is 10.7. The largest absolute Gasteiger partial charge is 0.363 e. The number of aromatic nitrogens is 1. The van der Waals surface area contributed by atoms with Crippen LogP contribution in [0.1, 0.15) is 11.1 Å². The fourth-order valence-electron chi connectivity index (χ4n) is 2.14. The molecule has 0 unspecified atom stereocenters. The van der Waals surface area contributed by atoms with Crippen LogP contribution in [0, 0.1) is 10.1 Å². The predicted octanol–water partition coefficient (Wildman–Crippen LogP) is 4.31. The van der Waals surface area contributed by atoms with Crippen LogP contribution in [0.5, 0.6) is 0 Å². The van der Waals surface area contributed by atoms with E-state index >= 15 is 0 Å². The molecule has 3 rings (SSSR count). The highest BCUT2D eigenvalue weighted by atomic mass is 16.6. The van der Waals surface area contributed by atoms with Gasteiger partial charge >= 0.3 is 5.82 Å². The molecule has 0 saturated carbocycles. The second kappa shape index (κ2) is 5.54. The third-order valence-corrected chi connectivity index (χ3v) is 3.20. The van der Waals surface area contributed by atoms with Gasteiger partial charge in [0.25, 0.3) is 0 Å². The van der Waals surface area contributed by atoms with E-state index in [4.69, 9.17) is 0 Å². The zero-order valence-corrected chi connectivity index (χ0v) is 11.1. The Morgan fingerprint density at radius 2 is 1.62 bits per heavy atom. The molecule has 1 aromatic heterocycles. The highest BCUT2D eigenvalue weighted by molar-refractivity contribution is 5.86. The number of pyridine rings is 1. The van der Waals surface area contributed by atoms with Crippen LogP contribution < -0.4 is 0 Å². The van der Waals surface area contributed by atoms with Gasteiger partial charge in [-0.2, -0.15) is 0 Å². The van der Waals surface area contributed by atoms with Crippen LogP contribution in [0.25, 0.3) is 22.9 Å². The number of nitro groups is 1. The second-order valence-corrected chi connectivity index (χ2v) is 4.64. The van der Waals surface area contributed by atoms with Crippen molar-refractivity contribution in [2.24, 2.45) is 0 Å². The van der Waals surface area contributed by atoms with E-state index in [0.29, 0.717) is 0 Å². The number of nitrogens with zero attached hydrogens (tertiary/aromatic N) is 2. The number of rotatable bonds is 3. The van der Waals surface area contributed by atoms with Crippen molar-refractivity contribution in [2.45, 2.75) is 0 Å². The summed E-state index contributed by atoms with van der Waals surface area (Å²) in [6.45, 7) is 0. The van der Waals surface area contributed by atoms with Crippen LogP contribution in [0.15, 0.2) is 60.8 Å². The van der Waals surface area contributed by atoms with Crippen molar-refractivity contribution in [3.8, 4) is 0 Å². The van der Waals surface area contributed by atoms with Crippen LogP contribution in [0.2, 0.25) is 0 Å². The molecule has 0 N–H and O–H groups in total. The van der Waals surface area contributed by atoms with E-state index in [0.717, 1.165) is 11.1 Å². The van der Waals surface area contributed by atoms with Gasteiger partial charge in [0.2, 0.25) is 0 Å². The van der Waals surface area contributed by atoms with Crippen molar-refractivity contribution < 1.29 is 4.92 Å². The summed E-state index contributed by atoms with van der Waals surface area (Å²) in [6.07, 6.45) is 5.22. The summed E-state index contributed by atoms with van der Waals surface area (Å²) in [4.78, 5) is 13.9. The summed E-state index contributed by atoms with van der Waals surface area (Å²) < 4.78 is 0. The number of hydrogen-bond donors (Lipinski definition) is 0. The molecule has 0 bridgehead atoms. The van der Waals surface area contributed by atoms with E-state index in [1.807, 2.05) is 30.4 Å². The average Bonchev–Trinajstić information content (AvgIpc) is 2.53. The minimum Gasteiger partial charge on any atom is -0.358 e. The molecule has 0 saturated heterocycles. The first-order valence-electron chi connectivity index (χ1n) is 6.50. The minimum absolute atomic E-state index is 0.143. The van der Waals surface area contributed by atoms with Crippen LogP contribution >= 0.6 is 0 Å². The van der Waals surface area contributed by atoms with E-state index in [-0.39, 0.29) is 5.82 Å². The first-order chi connectivity index (χ1) is 10.2. The molecule has 1 heterocycles. The lowest BCUT2D eigenvalue weighted by Gasteiger charge is -1.99. The maximum atomic E-state index is 10.7. The first-order valence-corrected chi connectivity index (χ1v) is 6.50. The lowest BCUT2D eigenvalue weighted by atomic mass is 10.1.